The van der Waals surface area contributed by atoms with Gasteiger partial charge in [0.1, 0.15) is 6.10 Å². The average Bonchev–Trinajstić information content (AvgIpc) is 2.49. The van der Waals surface area contributed by atoms with E-state index >= 15 is 0 Å². The molecule has 1 saturated heterocycles. The Morgan fingerprint density at radius 3 is 1.90 bits per heavy atom. The first-order valence-electron chi connectivity index (χ1n) is 8.57. The van der Waals surface area contributed by atoms with Crippen molar-refractivity contribution in [3.8, 4) is 0 Å². The Balaban J connectivity index is 1.96. The van der Waals surface area contributed by atoms with E-state index in [1.807, 2.05) is 0 Å². The number of hydrogen-bond acceptors (Lipinski definition) is 2. The number of allylic oxidation sites excluding steroid dienone is 1. The minimum atomic E-state index is -0.0444. The lowest BCUT2D eigenvalue weighted by atomic mass is 9.97. The smallest absolute Gasteiger partial charge is 0.165 e. The topological polar surface area (TPSA) is 18.5 Å². The Morgan fingerprint density at radius 2 is 1.33 bits per heavy atom. The van der Waals surface area contributed by atoms with Gasteiger partial charge >= 0.3 is 0 Å². The molecule has 0 spiro atoms. The molecule has 1 rings (SSSR count). The molecule has 0 aromatic heterocycles. The van der Waals surface area contributed by atoms with Gasteiger partial charge in [0, 0.05) is 5.57 Å². The lowest BCUT2D eigenvalue weighted by Gasteiger charge is -2.26. The largest absolute Gasteiger partial charge is 0.337 e. The van der Waals surface area contributed by atoms with Crippen LogP contribution in [0.1, 0.15) is 77.6 Å². The molecular weight excluding hydrogens is 260 g/mol. The summed E-state index contributed by atoms with van der Waals surface area (Å²) >= 11 is 0. The number of hydrogen-bond donors (Lipinski definition) is 0. The van der Waals surface area contributed by atoms with Gasteiger partial charge in [-0.3, -0.25) is 0 Å². The maximum absolute atomic E-state index is 5.30. The zero-order chi connectivity index (χ0) is 15.5. The lowest BCUT2D eigenvalue weighted by molar-refractivity contribution is -0.292. The molecule has 1 aliphatic rings. The van der Waals surface area contributed by atoms with Gasteiger partial charge in [-0.15, -0.1) is 0 Å². The van der Waals surface area contributed by atoms with Gasteiger partial charge in [-0.05, 0) is 12.0 Å². The summed E-state index contributed by atoms with van der Waals surface area (Å²) in [6.07, 6.45) is 14.3. The van der Waals surface area contributed by atoms with Crippen LogP contribution in [-0.2, 0) is 9.78 Å². The maximum Gasteiger partial charge on any atom is 0.165 e. The van der Waals surface area contributed by atoms with Gasteiger partial charge in [0.25, 0.3) is 0 Å². The second-order valence-corrected chi connectivity index (χ2v) is 6.07. The summed E-state index contributed by atoms with van der Waals surface area (Å²) in [6.45, 7) is 13.9. The zero-order valence-corrected chi connectivity index (χ0v) is 13.8. The highest BCUT2D eigenvalue weighted by Crippen LogP contribution is 2.30. The van der Waals surface area contributed by atoms with E-state index in [1.54, 1.807) is 0 Å². The summed E-state index contributed by atoms with van der Waals surface area (Å²) in [7, 11) is 0. The number of unbranched alkanes of at least 4 members (excludes halogenated alkanes) is 9. The Hall–Kier alpha value is -1.02. The van der Waals surface area contributed by atoms with E-state index in [0.29, 0.717) is 5.76 Å². The van der Waals surface area contributed by atoms with Crippen molar-refractivity contribution in [2.24, 2.45) is 0 Å². The van der Waals surface area contributed by atoms with Gasteiger partial charge in [0.15, 0.2) is 5.76 Å². The Kier molecular flexibility index (Phi) is 9.16. The Bertz CT molecular complexity index is 343. The van der Waals surface area contributed by atoms with Crippen LogP contribution in [0, 0.1) is 0 Å². The number of rotatable bonds is 11. The predicted octanol–water partition coefficient (Wildman–Crippen LogP) is 6.25. The Labute approximate surface area is 130 Å². The van der Waals surface area contributed by atoms with Crippen molar-refractivity contribution in [2.45, 2.75) is 83.7 Å². The van der Waals surface area contributed by atoms with Crippen LogP contribution in [0.25, 0.3) is 0 Å². The van der Waals surface area contributed by atoms with Gasteiger partial charge in [0.2, 0.25) is 0 Å². The summed E-state index contributed by atoms with van der Waals surface area (Å²) in [6, 6.07) is 0. The normalized spacial score (nSPS) is 18.9. The average molecular weight is 292 g/mol. The summed E-state index contributed by atoms with van der Waals surface area (Å²) < 4.78 is 0. The van der Waals surface area contributed by atoms with E-state index in [2.05, 4.69) is 26.7 Å². The molecule has 0 saturated carbocycles. The van der Waals surface area contributed by atoms with E-state index in [1.165, 1.54) is 57.8 Å². The summed E-state index contributed by atoms with van der Waals surface area (Å²) in [5.41, 5.74) is 1.71. The van der Waals surface area contributed by atoms with Crippen LogP contribution in [0.4, 0.5) is 0 Å². The summed E-state index contributed by atoms with van der Waals surface area (Å²) in [5.74, 6) is 0.485. The van der Waals surface area contributed by atoms with Crippen LogP contribution in [0.15, 0.2) is 36.6 Å². The molecule has 0 aliphatic carbocycles. The zero-order valence-electron chi connectivity index (χ0n) is 13.8. The fourth-order valence-electron chi connectivity index (χ4n) is 2.64. The molecule has 0 bridgehead atoms. The van der Waals surface area contributed by atoms with Crippen LogP contribution in [0.2, 0.25) is 0 Å². The maximum atomic E-state index is 5.30. The van der Waals surface area contributed by atoms with Gasteiger partial charge in [0.05, 0.1) is 0 Å². The highest BCUT2D eigenvalue weighted by atomic mass is 17.2. The molecule has 1 atom stereocenters. The highest BCUT2D eigenvalue weighted by Gasteiger charge is 2.25. The third kappa shape index (κ3) is 6.99. The first kappa shape index (κ1) is 18.0. The minimum absolute atomic E-state index is 0.0444. The van der Waals surface area contributed by atoms with Crippen molar-refractivity contribution in [1.82, 2.24) is 0 Å². The van der Waals surface area contributed by atoms with Crippen molar-refractivity contribution in [3.63, 3.8) is 0 Å². The minimum Gasteiger partial charge on any atom is -0.337 e. The van der Waals surface area contributed by atoms with E-state index in [4.69, 9.17) is 9.78 Å². The molecule has 0 aromatic carbocycles. The second-order valence-electron chi connectivity index (χ2n) is 6.07. The van der Waals surface area contributed by atoms with Gasteiger partial charge in [-0.25, -0.2) is 0 Å². The monoisotopic (exact) mass is 292 g/mol. The van der Waals surface area contributed by atoms with Crippen LogP contribution < -0.4 is 0 Å². The molecular formula is C19H32O2. The fourth-order valence-corrected chi connectivity index (χ4v) is 2.64. The molecule has 1 unspecified atom stereocenters. The van der Waals surface area contributed by atoms with Gasteiger partial charge in [-0.2, -0.15) is 4.89 Å². The van der Waals surface area contributed by atoms with Crippen LogP contribution in [-0.4, -0.2) is 6.10 Å². The molecule has 0 amide bonds. The van der Waals surface area contributed by atoms with E-state index < -0.39 is 0 Å². The molecule has 1 fully saturated rings. The van der Waals surface area contributed by atoms with Crippen LogP contribution in [0.5, 0.6) is 0 Å². The van der Waals surface area contributed by atoms with E-state index in [-0.39, 0.29) is 6.10 Å². The van der Waals surface area contributed by atoms with Crippen LogP contribution in [0.3, 0.4) is 0 Å². The molecule has 120 valence electrons. The quantitative estimate of drug-likeness (QED) is 0.331. The van der Waals surface area contributed by atoms with E-state index in [0.717, 1.165) is 24.0 Å². The van der Waals surface area contributed by atoms with Crippen molar-refractivity contribution in [3.05, 3.63) is 36.6 Å². The van der Waals surface area contributed by atoms with Crippen molar-refractivity contribution in [2.75, 3.05) is 0 Å². The van der Waals surface area contributed by atoms with Crippen molar-refractivity contribution >= 4 is 0 Å². The molecule has 0 radical (unpaired) electrons. The van der Waals surface area contributed by atoms with Crippen molar-refractivity contribution in [1.29, 1.82) is 0 Å². The lowest BCUT2D eigenvalue weighted by Crippen LogP contribution is -2.22. The van der Waals surface area contributed by atoms with Gasteiger partial charge in [-0.1, -0.05) is 90.9 Å². The molecule has 1 heterocycles. The molecule has 0 N–H and O–H groups in total. The molecule has 21 heavy (non-hydrogen) atoms. The van der Waals surface area contributed by atoms with Crippen molar-refractivity contribution < 1.29 is 9.78 Å². The standard InChI is InChI=1S/C19H32O2/c1-5-6-7-8-9-10-11-12-13-14-15-19-17(3)16(2)18(4)20-21-19/h19H,2-15H2,1H3. The van der Waals surface area contributed by atoms with Crippen LogP contribution >= 0.6 is 0 Å². The molecule has 2 nitrogen and oxygen atoms in total. The molecule has 1 aliphatic heterocycles. The highest BCUT2D eigenvalue weighted by molar-refractivity contribution is 5.41. The molecule has 2 heteroatoms. The summed E-state index contributed by atoms with van der Waals surface area (Å²) in [5, 5.41) is 0. The Morgan fingerprint density at radius 1 is 0.810 bits per heavy atom. The first-order valence-corrected chi connectivity index (χ1v) is 8.57. The second kappa shape index (κ2) is 10.7. The SMILES string of the molecule is C=C1OOC(CCCCCCCCCCCC)C(=C)C1=C. The third-order valence-corrected chi connectivity index (χ3v) is 4.20. The van der Waals surface area contributed by atoms with Gasteiger partial charge < -0.3 is 4.89 Å². The predicted molar refractivity (Wildman–Crippen MR) is 89.8 cm³/mol. The first-order chi connectivity index (χ1) is 10.2. The molecule has 0 aromatic rings. The fraction of sp³-hybridized carbons (Fsp3) is 0.684. The van der Waals surface area contributed by atoms with E-state index in [9.17, 15) is 0 Å². The summed E-state index contributed by atoms with van der Waals surface area (Å²) in [4.78, 5) is 10.4. The third-order valence-electron chi connectivity index (χ3n) is 4.20.